The van der Waals surface area contributed by atoms with Gasteiger partial charge in [-0.2, -0.15) is 4.83 Å². The average Bonchev–Trinajstić information content (AvgIpc) is 3.01. The average molecular weight is 374 g/mol. The Kier molecular flexibility index (Phi) is 5.62. The number of benzene rings is 1. The van der Waals surface area contributed by atoms with Gasteiger partial charge in [0.1, 0.15) is 11.3 Å². The molecule has 0 radical (unpaired) electrons. The number of aromatic nitrogens is 3. The number of pyridine rings is 1. The number of nitrogens with zero attached hydrogens (tertiary/aromatic N) is 4. The van der Waals surface area contributed by atoms with Crippen LogP contribution in [-0.4, -0.2) is 30.3 Å². The fourth-order valence-corrected chi connectivity index (χ4v) is 3.08. The van der Waals surface area contributed by atoms with Gasteiger partial charge < -0.3 is 9.47 Å². The summed E-state index contributed by atoms with van der Waals surface area (Å²) in [6.45, 7) is 2.55. The fourth-order valence-electron chi connectivity index (χ4n) is 2.89. The number of nitrogens with one attached hydrogen (secondary N) is 2. The second kappa shape index (κ2) is 7.92. The van der Waals surface area contributed by atoms with Crippen LogP contribution < -0.4 is 15.2 Å². The molecule has 0 bridgehead atoms. The largest absolute Gasteiger partial charge is 0.334 e. The van der Waals surface area contributed by atoms with Gasteiger partial charge in [-0.3, -0.25) is 4.55 Å². The first-order chi connectivity index (χ1) is 12.5. The van der Waals surface area contributed by atoms with Gasteiger partial charge in [0, 0.05) is 32.4 Å². The number of hydrogen-bond acceptors (Lipinski definition) is 5. The Morgan fingerprint density at radius 1 is 1.31 bits per heavy atom. The Morgan fingerprint density at radius 3 is 2.85 bits per heavy atom. The van der Waals surface area contributed by atoms with Crippen molar-refractivity contribution in [2.75, 3.05) is 11.9 Å². The van der Waals surface area contributed by atoms with E-state index >= 15 is 0 Å². The number of aryl methyl sites for hydroxylation is 2. The summed E-state index contributed by atoms with van der Waals surface area (Å²) >= 11 is -2.08. The Hall–Kier alpha value is -2.33. The van der Waals surface area contributed by atoms with Crippen molar-refractivity contribution in [3.63, 3.8) is 0 Å². The van der Waals surface area contributed by atoms with Gasteiger partial charge >= 0.3 is 0 Å². The zero-order valence-corrected chi connectivity index (χ0v) is 15.7. The van der Waals surface area contributed by atoms with Crippen molar-refractivity contribution >= 4 is 33.8 Å². The number of hydrogen-bond donors (Lipinski definition) is 3. The summed E-state index contributed by atoms with van der Waals surface area (Å²) in [5.74, 6) is 0.846. The molecule has 26 heavy (non-hydrogen) atoms. The zero-order valence-electron chi connectivity index (χ0n) is 14.9. The topological polar surface area (TPSA) is 95.3 Å². The highest BCUT2D eigenvalue weighted by Crippen LogP contribution is 2.28. The van der Waals surface area contributed by atoms with Crippen LogP contribution in [0.2, 0.25) is 0 Å². The Balaban J connectivity index is 1.86. The molecule has 1 atom stereocenters. The van der Waals surface area contributed by atoms with Gasteiger partial charge in [-0.05, 0) is 23.6 Å². The van der Waals surface area contributed by atoms with Crippen LogP contribution in [0, 0.1) is 0 Å². The highest BCUT2D eigenvalue weighted by molar-refractivity contribution is 7.77. The quantitative estimate of drug-likeness (QED) is 0.433. The second-order valence-corrected chi connectivity index (χ2v) is 6.67. The number of anilines is 2. The van der Waals surface area contributed by atoms with Gasteiger partial charge in [-0.25, -0.2) is 19.6 Å². The fraction of sp³-hybridized carbons (Fsp3) is 0.294. The zero-order chi connectivity index (χ0) is 18.7. The van der Waals surface area contributed by atoms with Crippen molar-refractivity contribution < 1.29 is 8.76 Å². The molecule has 8 nitrogen and oxygen atoms in total. The Morgan fingerprint density at radius 2 is 2.12 bits per heavy atom. The highest BCUT2D eigenvalue weighted by atomic mass is 32.2. The summed E-state index contributed by atoms with van der Waals surface area (Å²) in [5.41, 5.74) is 7.89. The van der Waals surface area contributed by atoms with E-state index in [4.69, 9.17) is 4.55 Å². The number of hydrazine groups is 1. The van der Waals surface area contributed by atoms with Crippen LogP contribution in [0.25, 0.3) is 11.0 Å². The number of imidazole rings is 1. The van der Waals surface area contributed by atoms with E-state index in [0.29, 0.717) is 6.54 Å². The molecule has 2 heterocycles. The van der Waals surface area contributed by atoms with Crippen LogP contribution in [0.1, 0.15) is 18.1 Å². The van der Waals surface area contributed by atoms with Crippen LogP contribution in [-0.2, 0) is 31.3 Å². The molecule has 0 aliphatic rings. The summed E-state index contributed by atoms with van der Waals surface area (Å²) < 4.78 is 21.3. The summed E-state index contributed by atoms with van der Waals surface area (Å²) in [6.07, 6.45) is 4.43. The van der Waals surface area contributed by atoms with Gasteiger partial charge in [0.15, 0.2) is 0 Å². The summed E-state index contributed by atoms with van der Waals surface area (Å²) in [7, 11) is 3.96. The van der Waals surface area contributed by atoms with E-state index in [0.717, 1.165) is 34.5 Å². The predicted molar refractivity (Wildman–Crippen MR) is 103 cm³/mol. The summed E-state index contributed by atoms with van der Waals surface area (Å²) in [6, 6.07) is 8.14. The Bertz CT molecular complexity index is 942. The minimum absolute atomic E-state index is 0.447. The van der Waals surface area contributed by atoms with Crippen LogP contribution in [0.15, 0.2) is 36.8 Å². The van der Waals surface area contributed by atoms with Crippen molar-refractivity contribution in [2.45, 2.75) is 19.9 Å². The summed E-state index contributed by atoms with van der Waals surface area (Å²) in [4.78, 5) is 13.2. The van der Waals surface area contributed by atoms with Crippen LogP contribution >= 0.6 is 0 Å². The van der Waals surface area contributed by atoms with E-state index in [1.165, 1.54) is 5.56 Å². The molecular formula is C17H22N6O2S. The SMILES string of the molecule is CCc1cc(CNNS(=O)O)ccc1N(C)c1cc2c(cn1)ncn2C. The molecule has 1 unspecified atom stereocenters. The van der Waals surface area contributed by atoms with Crippen molar-refractivity contribution in [3.8, 4) is 0 Å². The number of fused-ring (bicyclic) bond motifs is 1. The normalized spacial score (nSPS) is 12.5. The lowest BCUT2D eigenvalue weighted by Crippen LogP contribution is -2.32. The van der Waals surface area contributed by atoms with E-state index in [1.54, 1.807) is 12.5 Å². The highest BCUT2D eigenvalue weighted by Gasteiger charge is 2.12. The van der Waals surface area contributed by atoms with Crippen molar-refractivity contribution in [3.05, 3.63) is 47.9 Å². The molecule has 0 fully saturated rings. The molecule has 3 aromatic rings. The van der Waals surface area contributed by atoms with E-state index in [2.05, 4.69) is 38.1 Å². The molecule has 3 rings (SSSR count). The molecule has 0 amide bonds. The molecule has 3 N–H and O–H groups in total. The maximum absolute atomic E-state index is 10.6. The maximum Gasteiger partial charge on any atom is 0.245 e. The predicted octanol–water partition coefficient (Wildman–Crippen LogP) is 2.03. The maximum atomic E-state index is 10.6. The molecule has 1 aromatic carbocycles. The van der Waals surface area contributed by atoms with Crippen LogP contribution in [0.4, 0.5) is 11.5 Å². The first-order valence-electron chi connectivity index (χ1n) is 8.21. The first kappa shape index (κ1) is 18.5. The lowest BCUT2D eigenvalue weighted by molar-refractivity contribution is 0.526. The van der Waals surface area contributed by atoms with Gasteiger partial charge in [-0.1, -0.05) is 19.1 Å². The van der Waals surface area contributed by atoms with E-state index in [1.807, 2.05) is 36.9 Å². The van der Waals surface area contributed by atoms with Crippen molar-refractivity contribution in [1.29, 1.82) is 0 Å². The molecular weight excluding hydrogens is 352 g/mol. The molecule has 0 aliphatic carbocycles. The molecule has 0 saturated heterocycles. The smallest absolute Gasteiger partial charge is 0.245 e. The van der Waals surface area contributed by atoms with Crippen molar-refractivity contribution in [2.24, 2.45) is 7.05 Å². The standard InChI is InChI=1S/C17H22N6O2S/c1-4-13-7-12(9-20-21-26(24)25)5-6-15(13)23(3)17-8-16-14(10-18-17)19-11-22(16)2/h5-8,10-11,20-21H,4,9H2,1-3H3,(H,24,25). The molecule has 9 heteroatoms. The lowest BCUT2D eigenvalue weighted by atomic mass is 10.1. The van der Waals surface area contributed by atoms with E-state index in [-0.39, 0.29) is 0 Å². The molecule has 2 aromatic heterocycles. The number of rotatable bonds is 7. The lowest BCUT2D eigenvalue weighted by Gasteiger charge is -2.22. The molecule has 0 spiro atoms. The molecule has 0 aliphatic heterocycles. The van der Waals surface area contributed by atoms with E-state index < -0.39 is 11.3 Å². The third-order valence-electron chi connectivity index (χ3n) is 4.28. The summed E-state index contributed by atoms with van der Waals surface area (Å²) in [5, 5.41) is 0. The minimum Gasteiger partial charge on any atom is -0.334 e. The Labute approximate surface area is 154 Å². The van der Waals surface area contributed by atoms with E-state index in [9.17, 15) is 4.21 Å². The third-order valence-corrected chi connectivity index (χ3v) is 4.60. The first-order valence-corrected chi connectivity index (χ1v) is 9.32. The van der Waals surface area contributed by atoms with Crippen LogP contribution in [0.5, 0.6) is 0 Å². The monoisotopic (exact) mass is 374 g/mol. The van der Waals surface area contributed by atoms with Crippen molar-refractivity contribution in [1.82, 2.24) is 24.8 Å². The van der Waals surface area contributed by atoms with Gasteiger partial charge in [0.05, 0.1) is 18.0 Å². The molecule has 0 saturated carbocycles. The van der Waals surface area contributed by atoms with Gasteiger partial charge in [0.2, 0.25) is 11.3 Å². The molecule has 138 valence electrons. The third kappa shape index (κ3) is 3.91. The second-order valence-electron chi connectivity index (χ2n) is 5.97. The van der Waals surface area contributed by atoms with Gasteiger partial charge in [-0.15, -0.1) is 0 Å². The van der Waals surface area contributed by atoms with Gasteiger partial charge in [0.25, 0.3) is 0 Å². The van der Waals surface area contributed by atoms with Crippen LogP contribution in [0.3, 0.4) is 0 Å². The minimum atomic E-state index is -2.08.